The normalized spacial score (nSPS) is 27.8. The van der Waals surface area contributed by atoms with Gasteiger partial charge in [0, 0.05) is 24.9 Å². The Morgan fingerprint density at radius 2 is 2.27 bits per heavy atom. The molecule has 1 unspecified atom stereocenters. The molecule has 0 aromatic carbocycles. The van der Waals surface area contributed by atoms with Crippen LogP contribution in [0.4, 0.5) is 0 Å². The Hall–Kier alpha value is -0.900. The van der Waals surface area contributed by atoms with E-state index in [9.17, 15) is 9.59 Å². The first-order chi connectivity index (χ1) is 6.98. The predicted molar refractivity (Wildman–Crippen MR) is 56.5 cm³/mol. The minimum atomic E-state index is -0.556. The van der Waals surface area contributed by atoms with Crippen LogP contribution in [-0.4, -0.2) is 43.4 Å². The second kappa shape index (κ2) is 4.75. The summed E-state index contributed by atoms with van der Waals surface area (Å²) in [7, 11) is 1.97. The van der Waals surface area contributed by atoms with Crippen molar-refractivity contribution in [2.24, 2.45) is 5.41 Å². The van der Waals surface area contributed by atoms with E-state index in [0.717, 1.165) is 6.54 Å². The number of rotatable bonds is 3. The molecular formula is C11H19NO3. The fraction of sp³-hybridized carbons (Fsp3) is 0.818. The van der Waals surface area contributed by atoms with Crippen LogP contribution in [-0.2, 0) is 14.3 Å². The van der Waals surface area contributed by atoms with E-state index in [0.29, 0.717) is 19.6 Å². The molecule has 86 valence electrons. The van der Waals surface area contributed by atoms with Gasteiger partial charge in [-0.3, -0.25) is 9.59 Å². The average Bonchev–Trinajstić information content (AvgIpc) is 2.12. The fourth-order valence-corrected chi connectivity index (χ4v) is 2.04. The highest BCUT2D eigenvalue weighted by molar-refractivity contribution is 5.89. The topological polar surface area (TPSA) is 46.6 Å². The number of ether oxygens (including phenoxy) is 1. The van der Waals surface area contributed by atoms with E-state index in [1.54, 1.807) is 6.92 Å². The Kier molecular flexibility index (Phi) is 3.85. The number of nitrogens with zero attached hydrogens (tertiary/aromatic N) is 1. The number of ketones is 1. The predicted octanol–water partition coefficient (Wildman–Crippen LogP) is 0.850. The molecule has 4 heteroatoms. The molecule has 0 N–H and O–H groups in total. The molecular weight excluding hydrogens is 194 g/mol. The minimum absolute atomic E-state index is 0.175. The maximum absolute atomic E-state index is 11.8. The highest BCUT2D eigenvalue weighted by atomic mass is 16.5. The van der Waals surface area contributed by atoms with Crippen molar-refractivity contribution >= 4 is 11.8 Å². The fourth-order valence-electron chi connectivity index (χ4n) is 2.04. The van der Waals surface area contributed by atoms with Gasteiger partial charge in [-0.1, -0.05) is 6.92 Å². The van der Waals surface area contributed by atoms with E-state index in [1.807, 2.05) is 14.0 Å². The molecule has 1 atom stereocenters. The van der Waals surface area contributed by atoms with Gasteiger partial charge in [-0.25, -0.2) is 0 Å². The summed E-state index contributed by atoms with van der Waals surface area (Å²) >= 11 is 0. The molecule has 0 spiro atoms. The van der Waals surface area contributed by atoms with Gasteiger partial charge in [-0.2, -0.15) is 0 Å². The summed E-state index contributed by atoms with van der Waals surface area (Å²) in [5, 5.41) is 0. The summed E-state index contributed by atoms with van der Waals surface area (Å²) in [6, 6.07) is 0. The van der Waals surface area contributed by atoms with Gasteiger partial charge in [0.2, 0.25) is 0 Å². The van der Waals surface area contributed by atoms with Crippen LogP contribution in [0.5, 0.6) is 0 Å². The molecule has 0 aliphatic carbocycles. The van der Waals surface area contributed by atoms with Crippen LogP contribution in [0.15, 0.2) is 0 Å². The number of hydrogen-bond acceptors (Lipinski definition) is 4. The van der Waals surface area contributed by atoms with Crippen LogP contribution in [0.3, 0.4) is 0 Å². The highest BCUT2D eigenvalue weighted by Gasteiger charge is 2.39. The standard InChI is InChI=1S/C11H19NO3/c1-4-15-10(14)7-11(2)8-12(3)6-5-9(11)13/h4-8H2,1-3H3. The van der Waals surface area contributed by atoms with E-state index >= 15 is 0 Å². The summed E-state index contributed by atoms with van der Waals surface area (Å²) in [5.41, 5.74) is -0.556. The third-order valence-electron chi connectivity index (χ3n) is 2.85. The number of carbonyl (C=O) groups excluding carboxylic acids is 2. The van der Waals surface area contributed by atoms with Crippen LogP contribution >= 0.6 is 0 Å². The minimum Gasteiger partial charge on any atom is -0.466 e. The molecule has 1 aliphatic heterocycles. The molecule has 4 nitrogen and oxygen atoms in total. The Morgan fingerprint density at radius 1 is 1.60 bits per heavy atom. The molecule has 15 heavy (non-hydrogen) atoms. The van der Waals surface area contributed by atoms with Crippen molar-refractivity contribution in [3.63, 3.8) is 0 Å². The number of hydrogen-bond donors (Lipinski definition) is 0. The molecule has 1 rings (SSSR count). The third-order valence-corrected chi connectivity index (χ3v) is 2.85. The molecule has 0 bridgehead atoms. The second-order valence-electron chi connectivity index (χ2n) is 4.45. The lowest BCUT2D eigenvalue weighted by molar-refractivity contribution is -0.150. The van der Waals surface area contributed by atoms with Crippen LogP contribution in [0, 0.1) is 5.41 Å². The van der Waals surface area contributed by atoms with Gasteiger partial charge in [-0.15, -0.1) is 0 Å². The van der Waals surface area contributed by atoms with Crippen molar-refractivity contribution < 1.29 is 14.3 Å². The van der Waals surface area contributed by atoms with Crippen LogP contribution in [0.2, 0.25) is 0 Å². The molecule has 1 saturated heterocycles. The first kappa shape index (κ1) is 12.2. The Labute approximate surface area is 90.6 Å². The quantitative estimate of drug-likeness (QED) is 0.652. The van der Waals surface area contributed by atoms with Gasteiger partial charge >= 0.3 is 5.97 Å². The monoisotopic (exact) mass is 213 g/mol. The molecule has 0 aromatic rings. The largest absolute Gasteiger partial charge is 0.466 e. The molecule has 0 radical (unpaired) electrons. The van der Waals surface area contributed by atoms with Gasteiger partial charge in [0.05, 0.1) is 13.0 Å². The number of carbonyl (C=O) groups is 2. The van der Waals surface area contributed by atoms with Crippen molar-refractivity contribution in [1.82, 2.24) is 4.90 Å². The molecule has 0 amide bonds. The summed E-state index contributed by atoms with van der Waals surface area (Å²) < 4.78 is 4.88. The van der Waals surface area contributed by atoms with E-state index in [1.165, 1.54) is 0 Å². The zero-order chi connectivity index (χ0) is 11.5. The SMILES string of the molecule is CCOC(=O)CC1(C)CN(C)CCC1=O. The van der Waals surface area contributed by atoms with E-state index < -0.39 is 5.41 Å². The zero-order valence-electron chi connectivity index (χ0n) is 9.71. The van der Waals surface area contributed by atoms with Crippen molar-refractivity contribution in [2.45, 2.75) is 26.7 Å². The van der Waals surface area contributed by atoms with Crippen molar-refractivity contribution in [2.75, 3.05) is 26.7 Å². The highest BCUT2D eigenvalue weighted by Crippen LogP contribution is 2.29. The summed E-state index contributed by atoms with van der Waals surface area (Å²) in [5.74, 6) is -0.0997. The molecule has 1 heterocycles. The number of Topliss-reactive ketones (excluding diaryl/α,β-unsaturated/α-hetero) is 1. The van der Waals surface area contributed by atoms with Gasteiger partial charge < -0.3 is 9.64 Å². The lowest BCUT2D eigenvalue weighted by atomic mass is 9.78. The number of piperidine rings is 1. The van der Waals surface area contributed by atoms with Crippen molar-refractivity contribution in [3.05, 3.63) is 0 Å². The van der Waals surface area contributed by atoms with E-state index in [4.69, 9.17) is 4.74 Å². The molecule has 1 aliphatic rings. The maximum Gasteiger partial charge on any atom is 0.306 e. The van der Waals surface area contributed by atoms with Crippen molar-refractivity contribution in [3.8, 4) is 0 Å². The third kappa shape index (κ3) is 3.02. The Bertz CT molecular complexity index is 265. The van der Waals surface area contributed by atoms with Crippen LogP contribution < -0.4 is 0 Å². The Morgan fingerprint density at radius 3 is 2.87 bits per heavy atom. The Balaban J connectivity index is 2.62. The van der Waals surface area contributed by atoms with Gasteiger partial charge in [0.15, 0.2) is 0 Å². The summed E-state index contributed by atoms with van der Waals surface area (Å²) in [6.07, 6.45) is 0.733. The van der Waals surface area contributed by atoms with E-state index in [2.05, 4.69) is 4.90 Å². The second-order valence-corrected chi connectivity index (χ2v) is 4.45. The van der Waals surface area contributed by atoms with Crippen LogP contribution in [0.1, 0.15) is 26.7 Å². The molecule has 1 fully saturated rings. The first-order valence-electron chi connectivity index (χ1n) is 5.35. The van der Waals surface area contributed by atoms with E-state index in [-0.39, 0.29) is 18.2 Å². The molecule has 0 aromatic heterocycles. The van der Waals surface area contributed by atoms with Gasteiger partial charge in [0.25, 0.3) is 0 Å². The molecule has 0 saturated carbocycles. The first-order valence-corrected chi connectivity index (χ1v) is 5.35. The summed E-state index contributed by atoms with van der Waals surface area (Å²) in [4.78, 5) is 25.2. The number of likely N-dealkylation sites (tertiary alicyclic amines) is 1. The van der Waals surface area contributed by atoms with Gasteiger partial charge in [-0.05, 0) is 14.0 Å². The lowest BCUT2D eigenvalue weighted by Gasteiger charge is -2.36. The summed E-state index contributed by atoms with van der Waals surface area (Å²) in [6.45, 7) is 5.43. The van der Waals surface area contributed by atoms with Crippen LogP contribution in [0.25, 0.3) is 0 Å². The van der Waals surface area contributed by atoms with Gasteiger partial charge in [0.1, 0.15) is 5.78 Å². The average molecular weight is 213 g/mol. The smallest absolute Gasteiger partial charge is 0.306 e. The zero-order valence-corrected chi connectivity index (χ0v) is 9.71. The van der Waals surface area contributed by atoms with Crippen molar-refractivity contribution in [1.29, 1.82) is 0 Å². The number of esters is 1. The maximum atomic E-state index is 11.8. The lowest BCUT2D eigenvalue weighted by Crippen LogP contribution is -2.47.